The summed E-state index contributed by atoms with van der Waals surface area (Å²) >= 11 is 0. The van der Waals surface area contributed by atoms with Crippen molar-refractivity contribution in [3.8, 4) is 5.75 Å². The maximum atomic E-state index is 12.3. The lowest BCUT2D eigenvalue weighted by Gasteiger charge is -2.34. The predicted molar refractivity (Wildman–Crippen MR) is 62.4 cm³/mol. The van der Waals surface area contributed by atoms with Gasteiger partial charge in [0.2, 0.25) is 0 Å². The first-order chi connectivity index (χ1) is 9.34. The van der Waals surface area contributed by atoms with E-state index in [1.54, 1.807) is 0 Å². The SMILES string of the molecule is O=C(O)NC1CC(COc2ccc(C(F)(F)F)nc2)C1. The molecule has 8 heteroatoms. The van der Waals surface area contributed by atoms with E-state index < -0.39 is 18.0 Å². The van der Waals surface area contributed by atoms with E-state index in [1.807, 2.05) is 0 Å². The molecule has 0 aromatic carbocycles. The highest BCUT2D eigenvalue weighted by molar-refractivity contribution is 5.65. The summed E-state index contributed by atoms with van der Waals surface area (Å²) in [5.41, 5.74) is -0.959. The summed E-state index contributed by atoms with van der Waals surface area (Å²) in [6.07, 6.45) is -3.14. The lowest BCUT2D eigenvalue weighted by Crippen LogP contribution is -2.45. The fraction of sp³-hybridized carbons (Fsp3) is 0.500. The van der Waals surface area contributed by atoms with Crippen LogP contribution in [0.25, 0.3) is 0 Å². The van der Waals surface area contributed by atoms with E-state index in [1.165, 1.54) is 6.07 Å². The topological polar surface area (TPSA) is 71.5 Å². The monoisotopic (exact) mass is 290 g/mol. The van der Waals surface area contributed by atoms with E-state index in [0.29, 0.717) is 19.4 Å². The number of amides is 1. The minimum absolute atomic E-state index is 0.0631. The molecule has 2 rings (SSSR count). The molecule has 0 atom stereocenters. The quantitative estimate of drug-likeness (QED) is 0.894. The van der Waals surface area contributed by atoms with Crippen molar-refractivity contribution in [1.29, 1.82) is 0 Å². The van der Waals surface area contributed by atoms with Gasteiger partial charge in [-0.25, -0.2) is 9.78 Å². The first kappa shape index (κ1) is 14.4. The van der Waals surface area contributed by atoms with E-state index in [9.17, 15) is 18.0 Å². The number of carboxylic acid groups (broad SMARTS) is 1. The van der Waals surface area contributed by atoms with Crippen molar-refractivity contribution in [2.24, 2.45) is 5.92 Å². The molecule has 1 fully saturated rings. The van der Waals surface area contributed by atoms with Crippen LogP contribution >= 0.6 is 0 Å². The fourth-order valence-electron chi connectivity index (χ4n) is 2.01. The van der Waals surface area contributed by atoms with Crippen LogP contribution in [0.2, 0.25) is 0 Å². The van der Waals surface area contributed by atoms with Crippen LogP contribution in [0, 0.1) is 5.92 Å². The highest BCUT2D eigenvalue weighted by Crippen LogP contribution is 2.30. The standard InChI is InChI=1S/C12H13F3N2O3/c13-12(14,15)10-2-1-9(5-16-10)20-6-7-3-8(4-7)17-11(18)19/h1-2,5,7-8,17H,3-4,6H2,(H,18,19). The van der Waals surface area contributed by atoms with Gasteiger partial charge in [0.05, 0.1) is 12.8 Å². The lowest BCUT2D eigenvalue weighted by molar-refractivity contribution is -0.141. The Labute approximate surface area is 112 Å². The number of hydrogen-bond acceptors (Lipinski definition) is 3. The van der Waals surface area contributed by atoms with Gasteiger partial charge in [-0.15, -0.1) is 0 Å². The molecule has 1 aromatic heterocycles. The third-order valence-corrected chi connectivity index (χ3v) is 3.08. The van der Waals surface area contributed by atoms with E-state index in [2.05, 4.69) is 10.3 Å². The Morgan fingerprint density at radius 1 is 1.45 bits per heavy atom. The van der Waals surface area contributed by atoms with Crippen molar-refractivity contribution in [2.75, 3.05) is 6.61 Å². The van der Waals surface area contributed by atoms with Crippen LogP contribution < -0.4 is 10.1 Å². The second-order valence-electron chi connectivity index (χ2n) is 4.67. The summed E-state index contributed by atoms with van der Waals surface area (Å²) in [5, 5.41) is 10.8. The Morgan fingerprint density at radius 2 is 2.15 bits per heavy atom. The van der Waals surface area contributed by atoms with Crippen LogP contribution in [0.5, 0.6) is 5.75 Å². The van der Waals surface area contributed by atoms with Gasteiger partial charge < -0.3 is 15.2 Å². The molecular formula is C12H13F3N2O3. The molecule has 5 nitrogen and oxygen atoms in total. The summed E-state index contributed by atoms with van der Waals surface area (Å²) in [6, 6.07) is 2.03. The Kier molecular flexibility index (Phi) is 4.01. The molecule has 1 heterocycles. The molecule has 1 saturated carbocycles. The molecule has 0 spiro atoms. The van der Waals surface area contributed by atoms with E-state index in [0.717, 1.165) is 12.3 Å². The Hall–Kier alpha value is -1.99. The number of carbonyl (C=O) groups is 1. The van der Waals surface area contributed by atoms with Gasteiger partial charge in [0.25, 0.3) is 0 Å². The number of alkyl halides is 3. The molecule has 1 aliphatic rings. The van der Waals surface area contributed by atoms with Gasteiger partial charge in [0.15, 0.2) is 0 Å². The molecule has 0 aliphatic heterocycles. The van der Waals surface area contributed by atoms with Gasteiger partial charge in [-0.2, -0.15) is 13.2 Å². The normalized spacial score (nSPS) is 21.9. The average molecular weight is 290 g/mol. The largest absolute Gasteiger partial charge is 0.492 e. The molecule has 0 radical (unpaired) electrons. The fourth-order valence-corrected chi connectivity index (χ4v) is 2.01. The van der Waals surface area contributed by atoms with E-state index in [4.69, 9.17) is 9.84 Å². The second-order valence-corrected chi connectivity index (χ2v) is 4.67. The van der Waals surface area contributed by atoms with Gasteiger partial charge in [-0.05, 0) is 30.9 Å². The van der Waals surface area contributed by atoms with Gasteiger partial charge >= 0.3 is 12.3 Å². The Bertz CT molecular complexity index is 470. The predicted octanol–water partition coefficient (Wildman–Crippen LogP) is 2.53. The molecule has 110 valence electrons. The molecular weight excluding hydrogens is 277 g/mol. The minimum Gasteiger partial charge on any atom is -0.492 e. The number of pyridine rings is 1. The third kappa shape index (κ3) is 3.75. The number of nitrogens with one attached hydrogen (secondary N) is 1. The number of halogens is 3. The van der Waals surface area contributed by atoms with Crippen molar-refractivity contribution in [1.82, 2.24) is 10.3 Å². The highest BCUT2D eigenvalue weighted by atomic mass is 19.4. The number of aromatic nitrogens is 1. The molecule has 1 amide bonds. The lowest BCUT2D eigenvalue weighted by atomic mass is 9.81. The molecule has 0 bridgehead atoms. The summed E-state index contributed by atoms with van der Waals surface area (Å²) in [7, 11) is 0. The minimum atomic E-state index is -4.46. The number of hydrogen-bond donors (Lipinski definition) is 2. The van der Waals surface area contributed by atoms with Crippen LogP contribution in [0.4, 0.5) is 18.0 Å². The zero-order chi connectivity index (χ0) is 14.8. The Morgan fingerprint density at radius 3 is 2.65 bits per heavy atom. The van der Waals surface area contributed by atoms with Crippen LogP contribution in [0.3, 0.4) is 0 Å². The Balaban J connectivity index is 1.74. The first-order valence-electron chi connectivity index (χ1n) is 6.00. The summed E-state index contributed by atoms with van der Waals surface area (Å²) in [6.45, 7) is 0.338. The zero-order valence-corrected chi connectivity index (χ0v) is 10.4. The van der Waals surface area contributed by atoms with Gasteiger partial charge in [0.1, 0.15) is 11.4 Å². The average Bonchev–Trinajstić information content (AvgIpc) is 2.31. The number of rotatable bonds is 4. The van der Waals surface area contributed by atoms with Crippen LogP contribution in [0.1, 0.15) is 18.5 Å². The van der Waals surface area contributed by atoms with Gasteiger partial charge in [-0.1, -0.05) is 0 Å². The van der Waals surface area contributed by atoms with Crippen molar-refractivity contribution < 1.29 is 27.8 Å². The first-order valence-corrected chi connectivity index (χ1v) is 6.00. The molecule has 0 unspecified atom stereocenters. The maximum Gasteiger partial charge on any atom is 0.433 e. The highest BCUT2D eigenvalue weighted by Gasteiger charge is 2.33. The molecule has 1 aromatic rings. The van der Waals surface area contributed by atoms with Crippen molar-refractivity contribution in [3.05, 3.63) is 24.0 Å². The second kappa shape index (κ2) is 5.56. The van der Waals surface area contributed by atoms with Crippen molar-refractivity contribution in [2.45, 2.75) is 25.1 Å². The smallest absolute Gasteiger partial charge is 0.433 e. The van der Waals surface area contributed by atoms with Crippen LogP contribution in [0.15, 0.2) is 18.3 Å². The molecule has 2 N–H and O–H groups in total. The maximum absolute atomic E-state index is 12.3. The van der Waals surface area contributed by atoms with Gasteiger partial charge in [0, 0.05) is 6.04 Å². The number of nitrogens with zero attached hydrogens (tertiary/aromatic N) is 1. The molecule has 0 saturated heterocycles. The van der Waals surface area contributed by atoms with Gasteiger partial charge in [-0.3, -0.25) is 0 Å². The van der Waals surface area contributed by atoms with Crippen LogP contribution in [-0.4, -0.2) is 28.8 Å². The zero-order valence-electron chi connectivity index (χ0n) is 10.4. The van der Waals surface area contributed by atoms with E-state index >= 15 is 0 Å². The summed E-state index contributed by atoms with van der Waals surface area (Å²) < 4.78 is 42.2. The van der Waals surface area contributed by atoms with E-state index in [-0.39, 0.29) is 17.7 Å². The third-order valence-electron chi connectivity index (χ3n) is 3.08. The van der Waals surface area contributed by atoms with Crippen molar-refractivity contribution >= 4 is 6.09 Å². The number of ether oxygens (including phenoxy) is 1. The van der Waals surface area contributed by atoms with Crippen LogP contribution in [-0.2, 0) is 6.18 Å². The van der Waals surface area contributed by atoms with Crippen molar-refractivity contribution in [3.63, 3.8) is 0 Å². The summed E-state index contributed by atoms with van der Waals surface area (Å²) in [5.74, 6) is 0.474. The molecule has 1 aliphatic carbocycles. The summed E-state index contributed by atoms with van der Waals surface area (Å²) in [4.78, 5) is 13.6. The molecule has 20 heavy (non-hydrogen) atoms.